The molecule has 0 amide bonds. The maximum Gasteiger partial charge on any atom is 0.312 e. The van der Waals surface area contributed by atoms with Crippen molar-refractivity contribution in [1.82, 2.24) is 0 Å². The van der Waals surface area contributed by atoms with Crippen molar-refractivity contribution in [1.29, 1.82) is 0 Å². The Morgan fingerprint density at radius 2 is 1.55 bits per heavy atom. The van der Waals surface area contributed by atoms with E-state index in [0.29, 0.717) is 6.92 Å². The summed E-state index contributed by atoms with van der Waals surface area (Å²) in [6.45, 7) is 2.04. The van der Waals surface area contributed by atoms with Crippen LogP contribution in [-0.4, -0.2) is 32.5 Å². The van der Waals surface area contributed by atoms with Crippen LogP contribution in [-0.2, 0) is 15.9 Å². The van der Waals surface area contributed by atoms with Gasteiger partial charge in [0.1, 0.15) is 6.17 Å². The van der Waals surface area contributed by atoms with Crippen LogP contribution in [0.15, 0.2) is 47.4 Å². The third-order valence-corrected chi connectivity index (χ3v) is 8.23. The van der Waals surface area contributed by atoms with E-state index in [0.717, 1.165) is 28.6 Å². The number of anilines is 2. The van der Waals surface area contributed by atoms with Crippen molar-refractivity contribution in [3.05, 3.63) is 53.1 Å². The van der Waals surface area contributed by atoms with E-state index in [2.05, 4.69) is 0 Å². The van der Waals surface area contributed by atoms with E-state index in [-0.39, 0.29) is 21.3 Å². The van der Waals surface area contributed by atoms with Crippen molar-refractivity contribution in [3.8, 4) is 0 Å². The second kappa shape index (κ2) is 7.43. The maximum atomic E-state index is 14.0. The second-order valence-corrected chi connectivity index (χ2v) is 10.6. The summed E-state index contributed by atoms with van der Waals surface area (Å²) in [6, 6.07) is 6.82. The van der Waals surface area contributed by atoms with Crippen LogP contribution >= 0.6 is 11.6 Å². The number of fused-ring (bicyclic) bond motifs is 1. The fraction of sp³-hybridized carbons (Fsp3) is 0.429. The lowest BCUT2D eigenvalue weighted by Gasteiger charge is -2.33. The van der Waals surface area contributed by atoms with Crippen molar-refractivity contribution >= 4 is 33.0 Å². The monoisotopic (exact) mass is 512 g/mol. The highest BCUT2D eigenvalue weighted by atomic mass is 35.5. The molecule has 33 heavy (non-hydrogen) atoms. The van der Waals surface area contributed by atoms with Gasteiger partial charge in [0.05, 0.1) is 21.3 Å². The van der Waals surface area contributed by atoms with Gasteiger partial charge >= 0.3 is 11.8 Å². The normalized spacial score (nSPS) is 22.6. The molecular formula is C21H19ClF6N2O2S. The highest BCUT2D eigenvalue weighted by Gasteiger charge is 2.65. The standard InChI is InChI=1S/C21H19ClF6N2O2S/c1-12-29(14-10-20(25,26)21(27,28)11-14)18-16(22)4-3-5-17(18)30(12)33(31,32)15-8-6-13(7-9-15)19(2,23)24/h3-9,12,14H,10-11H2,1-2H3. The molecular weight excluding hydrogens is 494 g/mol. The largest absolute Gasteiger partial charge is 0.344 e. The predicted molar refractivity (Wildman–Crippen MR) is 112 cm³/mol. The number of hydrogen-bond donors (Lipinski definition) is 0. The summed E-state index contributed by atoms with van der Waals surface area (Å²) in [5.74, 6) is -11.7. The van der Waals surface area contributed by atoms with E-state index in [1.54, 1.807) is 0 Å². The maximum absolute atomic E-state index is 14.0. The quantitative estimate of drug-likeness (QED) is 0.455. The van der Waals surface area contributed by atoms with E-state index in [4.69, 9.17) is 11.6 Å². The van der Waals surface area contributed by atoms with Crippen LogP contribution in [0.25, 0.3) is 0 Å². The van der Waals surface area contributed by atoms with Crippen molar-refractivity contribution in [2.75, 3.05) is 9.21 Å². The van der Waals surface area contributed by atoms with Gasteiger partial charge in [-0.3, -0.25) is 0 Å². The topological polar surface area (TPSA) is 40.6 Å². The van der Waals surface area contributed by atoms with Crippen LogP contribution in [0.1, 0.15) is 32.3 Å². The first-order chi connectivity index (χ1) is 15.1. The third-order valence-electron chi connectivity index (χ3n) is 6.03. The Morgan fingerprint density at radius 1 is 1.00 bits per heavy atom. The second-order valence-electron chi connectivity index (χ2n) is 8.33. The van der Waals surface area contributed by atoms with Gasteiger partial charge in [0.2, 0.25) is 0 Å². The summed E-state index contributed by atoms with van der Waals surface area (Å²) >= 11 is 6.26. The van der Waals surface area contributed by atoms with Gasteiger partial charge in [0.15, 0.2) is 0 Å². The number of para-hydroxylation sites is 1. The Hall–Kier alpha value is -2.14. The average Bonchev–Trinajstić information content (AvgIpc) is 3.11. The van der Waals surface area contributed by atoms with Crippen molar-refractivity contribution in [3.63, 3.8) is 0 Å². The molecule has 4 nitrogen and oxygen atoms in total. The molecule has 0 aromatic heterocycles. The van der Waals surface area contributed by atoms with Crippen molar-refractivity contribution in [2.24, 2.45) is 0 Å². The van der Waals surface area contributed by atoms with Crippen molar-refractivity contribution in [2.45, 2.75) is 61.6 Å². The average molecular weight is 513 g/mol. The Morgan fingerprint density at radius 3 is 2.06 bits per heavy atom. The molecule has 0 saturated heterocycles. The molecule has 180 valence electrons. The Bertz CT molecular complexity index is 1170. The predicted octanol–water partition coefficient (Wildman–Crippen LogP) is 6.25. The summed E-state index contributed by atoms with van der Waals surface area (Å²) in [7, 11) is -4.39. The van der Waals surface area contributed by atoms with Crippen molar-refractivity contribution < 1.29 is 34.8 Å². The number of nitrogens with zero attached hydrogens (tertiary/aromatic N) is 2. The third kappa shape index (κ3) is 3.73. The fourth-order valence-electron chi connectivity index (χ4n) is 4.45. The first-order valence-corrected chi connectivity index (χ1v) is 11.7. The minimum atomic E-state index is -4.39. The summed E-state index contributed by atoms with van der Waals surface area (Å²) in [5, 5.41) is 0.0107. The molecule has 12 heteroatoms. The van der Waals surface area contributed by atoms with Gasteiger partial charge in [0.25, 0.3) is 15.9 Å². The molecule has 1 heterocycles. The molecule has 0 bridgehead atoms. The minimum absolute atomic E-state index is 0.0107. The first-order valence-electron chi connectivity index (χ1n) is 9.93. The molecule has 1 saturated carbocycles. The number of hydrogen-bond acceptors (Lipinski definition) is 3. The van der Waals surface area contributed by atoms with Crippen LogP contribution in [0.5, 0.6) is 0 Å². The van der Waals surface area contributed by atoms with E-state index in [9.17, 15) is 34.8 Å². The van der Waals surface area contributed by atoms with E-state index < -0.39 is 58.4 Å². The number of benzene rings is 2. The Kier molecular flexibility index (Phi) is 5.40. The molecule has 1 fully saturated rings. The molecule has 0 spiro atoms. The first kappa shape index (κ1) is 24.0. The molecule has 2 aromatic carbocycles. The van der Waals surface area contributed by atoms with E-state index in [1.165, 1.54) is 30.0 Å². The molecule has 1 unspecified atom stereocenters. The van der Waals surface area contributed by atoms with Crippen LogP contribution < -0.4 is 9.21 Å². The summed E-state index contributed by atoms with van der Waals surface area (Å²) in [6.07, 6.45) is -3.53. The summed E-state index contributed by atoms with van der Waals surface area (Å²) < 4.78 is 111. The lowest BCUT2D eigenvalue weighted by atomic mass is 10.1. The zero-order valence-electron chi connectivity index (χ0n) is 17.4. The SMILES string of the molecule is CC1N(C2CC(F)(F)C(F)(F)C2)c2c(Cl)cccc2N1S(=O)(=O)c1ccc(C(C)(F)F)cc1. The van der Waals surface area contributed by atoms with E-state index >= 15 is 0 Å². The van der Waals surface area contributed by atoms with Crippen LogP contribution in [0, 0.1) is 0 Å². The smallest absolute Gasteiger partial charge is 0.312 e. The zero-order valence-corrected chi connectivity index (χ0v) is 18.9. The molecule has 2 aliphatic rings. The lowest BCUT2D eigenvalue weighted by molar-refractivity contribution is -0.185. The number of rotatable bonds is 4. The lowest BCUT2D eigenvalue weighted by Crippen LogP contribution is -2.48. The van der Waals surface area contributed by atoms with Gasteiger partial charge in [0, 0.05) is 31.4 Å². The Balaban J connectivity index is 1.79. The number of sulfonamides is 1. The van der Waals surface area contributed by atoms with Crippen LogP contribution in [0.3, 0.4) is 0 Å². The molecule has 0 radical (unpaired) electrons. The van der Waals surface area contributed by atoms with Gasteiger partial charge in [-0.25, -0.2) is 21.5 Å². The van der Waals surface area contributed by atoms with Gasteiger partial charge in [-0.05, 0) is 31.2 Å². The van der Waals surface area contributed by atoms with E-state index in [1.807, 2.05) is 0 Å². The molecule has 0 N–H and O–H groups in total. The molecule has 4 rings (SSSR count). The highest BCUT2D eigenvalue weighted by Crippen LogP contribution is 2.55. The summed E-state index contributed by atoms with van der Waals surface area (Å²) in [4.78, 5) is 0.857. The number of halogens is 7. The Labute approximate surface area is 191 Å². The minimum Gasteiger partial charge on any atom is -0.344 e. The van der Waals surface area contributed by atoms with Gasteiger partial charge in [-0.1, -0.05) is 29.8 Å². The molecule has 1 atom stereocenters. The molecule has 1 aliphatic heterocycles. The number of alkyl halides is 6. The van der Waals surface area contributed by atoms with Gasteiger partial charge in [-0.2, -0.15) is 17.6 Å². The zero-order chi connectivity index (χ0) is 24.6. The van der Waals surface area contributed by atoms with Crippen LogP contribution in [0.2, 0.25) is 5.02 Å². The van der Waals surface area contributed by atoms with Gasteiger partial charge in [-0.15, -0.1) is 0 Å². The highest BCUT2D eigenvalue weighted by molar-refractivity contribution is 7.93. The molecule has 2 aromatic rings. The van der Waals surface area contributed by atoms with Gasteiger partial charge < -0.3 is 4.90 Å². The fourth-order valence-corrected chi connectivity index (χ4v) is 6.33. The molecule has 1 aliphatic carbocycles. The summed E-state index contributed by atoms with van der Waals surface area (Å²) in [5.41, 5.74) is -0.319. The van der Waals surface area contributed by atoms with Crippen LogP contribution in [0.4, 0.5) is 37.7 Å².